The highest BCUT2D eigenvalue weighted by Crippen LogP contribution is 2.35. The lowest BCUT2D eigenvalue weighted by molar-refractivity contribution is 0.275. The Labute approximate surface area is 72.5 Å². The molecule has 1 aromatic carbocycles. The Balaban J connectivity index is 2.54. The van der Waals surface area contributed by atoms with E-state index in [1.54, 1.807) is 0 Å². The summed E-state index contributed by atoms with van der Waals surface area (Å²) in [5.41, 5.74) is 3.75. The largest absolute Gasteiger partial charge is 0.469 e. The second kappa shape index (κ2) is 2.41. The van der Waals surface area contributed by atoms with Crippen molar-refractivity contribution < 1.29 is 4.74 Å². The molecular weight excluding hydrogens is 150 g/mol. The predicted octanol–water partition coefficient (Wildman–Crippen LogP) is 2.45. The Hall–Kier alpha value is -1.18. The van der Waals surface area contributed by atoms with Gasteiger partial charge >= 0.3 is 0 Å². The molecule has 1 aliphatic rings. The molecule has 1 unspecified atom stereocenters. The lowest BCUT2D eigenvalue weighted by atomic mass is 10.1. The van der Waals surface area contributed by atoms with E-state index in [2.05, 4.69) is 25.2 Å². The summed E-state index contributed by atoms with van der Waals surface area (Å²) in [5, 5.41) is 3.28. The molecule has 0 radical (unpaired) electrons. The van der Waals surface area contributed by atoms with Crippen molar-refractivity contribution >= 4 is 5.69 Å². The molecule has 0 amide bonds. The van der Waals surface area contributed by atoms with Crippen LogP contribution in [-0.2, 0) is 0 Å². The van der Waals surface area contributed by atoms with Gasteiger partial charge in [0.2, 0.25) is 0 Å². The second-order valence-electron chi connectivity index (χ2n) is 3.29. The topological polar surface area (TPSA) is 21.3 Å². The van der Waals surface area contributed by atoms with Crippen LogP contribution in [-0.4, -0.2) is 6.23 Å². The zero-order valence-electron chi connectivity index (χ0n) is 7.64. The van der Waals surface area contributed by atoms with E-state index in [9.17, 15) is 0 Å². The first-order valence-corrected chi connectivity index (χ1v) is 4.22. The summed E-state index contributed by atoms with van der Waals surface area (Å²) < 4.78 is 5.53. The fourth-order valence-electron chi connectivity index (χ4n) is 1.49. The number of rotatable bonds is 0. The van der Waals surface area contributed by atoms with Crippen LogP contribution in [0.15, 0.2) is 12.1 Å². The lowest BCUT2D eigenvalue weighted by Gasteiger charge is -2.04. The van der Waals surface area contributed by atoms with Crippen LogP contribution in [0.1, 0.15) is 18.1 Å². The van der Waals surface area contributed by atoms with Gasteiger partial charge in [-0.2, -0.15) is 0 Å². The van der Waals surface area contributed by atoms with Gasteiger partial charge in [0.25, 0.3) is 0 Å². The maximum absolute atomic E-state index is 5.53. The number of benzene rings is 1. The van der Waals surface area contributed by atoms with E-state index in [0.29, 0.717) is 0 Å². The van der Waals surface area contributed by atoms with E-state index in [0.717, 1.165) is 11.4 Å². The maximum Gasteiger partial charge on any atom is 0.167 e. The van der Waals surface area contributed by atoms with Crippen LogP contribution in [0.4, 0.5) is 5.69 Å². The van der Waals surface area contributed by atoms with Crippen molar-refractivity contribution in [1.29, 1.82) is 0 Å². The molecule has 1 aromatic rings. The Morgan fingerprint density at radius 2 is 2.08 bits per heavy atom. The van der Waals surface area contributed by atoms with Crippen LogP contribution >= 0.6 is 0 Å². The molecule has 1 aliphatic heterocycles. The van der Waals surface area contributed by atoms with Crippen molar-refractivity contribution in [1.82, 2.24) is 0 Å². The third-order valence-electron chi connectivity index (χ3n) is 2.35. The third kappa shape index (κ3) is 0.951. The standard InChI is InChI=1S/C10H13NO/c1-6-4-5-9-10(7(6)2)11-8(3)12-9/h4-5,8,11H,1-3H3. The van der Waals surface area contributed by atoms with Gasteiger partial charge < -0.3 is 10.1 Å². The van der Waals surface area contributed by atoms with Crippen LogP contribution in [0.5, 0.6) is 5.75 Å². The molecule has 0 spiro atoms. The Kier molecular flexibility index (Phi) is 1.50. The lowest BCUT2D eigenvalue weighted by Crippen LogP contribution is -2.14. The summed E-state index contributed by atoms with van der Waals surface area (Å²) in [6.07, 6.45) is 0.112. The van der Waals surface area contributed by atoms with Gasteiger partial charge in [-0.25, -0.2) is 0 Å². The van der Waals surface area contributed by atoms with Crippen LogP contribution < -0.4 is 10.1 Å². The van der Waals surface area contributed by atoms with Gasteiger partial charge in [-0.1, -0.05) is 6.07 Å². The summed E-state index contributed by atoms with van der Waals surface area (Å²) in [5.74, 6) is 0.977. The Morgan fingerprint density at radius 1 is 1.33 bits per heavy atom. The van der Waals surface area contributed by atoms with Crippen molar-refractivity contribution in [2.45, 2.75) is 27.0 Å². The molecule has 0 aliphatic carbocycles. The number of aryl methyl sites for hydroxylation is 1. The van der Waals surface area contributed by atoms with E-state index in [-0.39, 0.29) is 6.23 Å². The minimum atomic E-state index is 0.112. The molecule has 2 nitrogen and oxygen atoms in total. The molecule has 0 saturated carbocycles. The van der Waals surface area contributed by atoms with Crippen molar-refractivity contribution in [2.24, 2.45) is 0 Å². The SMILES string of the molecule is Cc1ccc2c(c1C)NC(C)O2. The van der Waals surface area contributed by atoms with Crippen molar-refractivity contribution in [3.8, 4) is 5.75 Å². The molecule has 64 valence electrons. The Bertz CT molecular complexity index is 320. The summed E-state index contributed by atoms with van der Waals surface area (Å²) in [4.78, 5) is 0. The molecular formula is C10H13NO. The normalized spacial score (nSPS) is 19.8. The summed E-state index contributed by atoms with van der Waals surface area (Å²) in [6.45, 7) is 6.23. The van der Waals surface area contributed by atoms with Crippen molar-refractivity contribution in [3.63, 3.8) is 0 Å². The molecule has 1 atom stereocenters. The van der Waals surface area contributed by atoms with Gasteiger partial charge in [-0.05, 0) is 38.0 Å². The van der Waals surface area contributed by atoms with Crippen LogP contribution in [0.2, 0.25) is 0 Å². The van der Waals surface area contributed by atoms with Gasteiger partial charge in [0.1, 0.15) is 5.75 Å². The fraction of sp³-hybridized carbons (Fsp3) is 0.400. The van der Waals surface area contributed by atoms with Crippen LogP contribution in [0.25, 0.3) is 0 Å². The summed E-state index contributed by atoms with van der Waals surface area (Å²) in [7, 11) is 0. The highest BCUT2D eigenvalue weighted by atomic mass is 16.5. The average Bonchev–Trinajstić information content (AvgIpc) is 2.39. The van der Waals surface area contributed by atoms with E-state index in [1.165, 1.54) is 11.1 Å². The van der Waals surface area contributed by atoms with Gasteiger partial charge in [-0.3, -0.25) is 0 Å². The zero-order valence-corrected chi connectivity index (χ0v) is 7.64. The molecule has 0 saturated heterocycles. The van der Waals surface area contributed by atoms with E-state index in [4.69, 9.17) is 4.74 Å². The van der Waals surface area contributed by atoms with Gasteiger partial charge in [0.15, 0.2) is 6.23 Å². The number of ether oxygens (including phenoxy) is 1. The third-order valence-corrected chi connectivity index (χ3v) is 2.35. The minimum Gasteiger partial charge on any atom is -0.469 e. The number of hydrogen-bond acceptors (Lipinski definition) is 2. The highest BCUT2D eigenvalue weighted by molar-refractivity contribution is 5.66. The molecule has 2 heteroatoms. The van der Waals surface area contributed by atoms with Gasteiger partial charge in [0.05, 0.1) is 5.69 Å². The molecule has 2 rings (SSSR count). The van der Waals surface area contributed by atoms with Crippen molar-refractivity contribution in [3.05, 3.63) is 23.3 Å². The first-order valence-electron chi connectivity index (χ1n) is 4.22. The first-order chi connectivity index (χ1) is 5.68. The second-order valence-corrected chi connectivity index (χ2v) is 3.29. The fourth-order valence-corrected chi connectivity index (χ4v) is 1.49. The summed E-state index contributed by atoms with van der Waals surface area (Å²) >= 11 is 0. The van der Waals surface area contributed by atoms with Crippen molar-refractivity contribution in [2.75, 3.05) is 5.32 Å². The molecule has 0 fully saturated rings. The first kappa shape index (κ1) is 7.47. The van der Waals surface area contributed by atoms with Gasteiger partial charge in [0, 0.05) is 0 Å². The van der Waals surface area contributed by atoms with Gasteiger partial charge in [-0.15, -0.1) is 0 Å². The minimum absolute atomic E-state index is 0.112. The quantitative estimate of drug-likeness (QED) is 0.634. The number of fused-ring (bicyclic) bond motifs is 1. The molecule has 0 bridgehead atoms. The maximum atomic E-state index is 5.53. The van der Waals surface area contributed by atoms with E-state index in [1.807, 2.05) is 13.0 Å². The smallest absolute Gasteiger partial charge is 0.167 e. The summed E-state index contributed by atoms with van der Waals surface area (Å²) in [6, 6.07) is 4.11. The number of anilines is 1. The number of nitrogens with one attached hydrogen (secondary N) is 1. The molecule has 1 N–H and O–H groups in total. The van der Waals surface area contributed by atoms with Crippen LogP contribution in [0, 0.1) is 13.8 Å². The van der Waals surface area contributed by atoms with E-state index < -0.39 is 0 Å². The predicted molar refractivity (Wildman–Crippen MR) is 49.6 cm³/mol. The highest BCUT2D eigenvalue weighted by Gasteiger charge is 2.19. The molecule has 1 heterocycles. The monoisotopic (exact) mass is 163 g/mol. The van der Waals surface area contributed by atoms with E-state index >= 15 is 0 Å². The molecule has 12 heavy (non-hydrogen) atoms. The number of hydrogen-bond donors (Lipinski definition) is 1. The molecule has 0 aromatic heterocycles. The zero-order chi connectivity index (χ0) is 8.72. The van der Waals surface area contributed by atoms with Crippen LogP contribution in [0.3, 0.4) is 0 Å². The average molecular weight is 163 g/mol. The Morgan fingerprint density at radius 3 is 2.83 bits per heavy atom.